The number of allylic oxidation sites excluding steroid dienone is 8. The molecule has 47 heavy (non-hydrogen) atoms. The van der Waals surface area contributed by atoms with Gasteiger partial charge in [0.25, 0.3) is 0 Å². The summed E-state index contributed by atoms with van der Waals surface area (Å²) >= 11 is 0. The molecule has 0 spiro atoms. The summed E-state index contributed by atoms with van der Waals surface area (Å²) < 4.78 is 17.0. The zero-order valence-electron chi connectivity index (χ0n) is 30.4. The Labute approximate surface area is 286 Å². The summed E-state index contributed by atoms with van der Waals surface area (Å²) in [6, 6.07) is -0.730. The normalized spacial score (nSPS) is 13.6. The molecule has 8 nitrogen and oxygen atoms in total. The van der Waals surface area contributed by atoms with Crippen LogP contribution in [0.25, 0.3) is 0 Å². The summed E-state index contributed by atoms with van der Waals surface area (Å²) in [6.07, 6.45) is 32.8. The van der Waals surface area contributed by atoms with Gasteiger partial charge in [0.1, 0.15) is 12.6 Å². The van der Waals surface area contributed by atoms with E-state index in [9.17, 15) is 19.5 Å². The maximum absolute atomic E-state index is 12.6. The number of rotatable bonds is 31. The summed E-state index contributed by atoms with van der Waals surface area (Å²) in [7, 11) is 5.37. The molecule has 0 saturated heterocycles. The Balaban J connectivity index is 4.51. The van der Waals surface area contributed by atoms with Crippen LogP contribution in [0.2, 0.25) is 0 Å². The summed E-state index contributed by atoms with van der Waals surface area (Å²) in [5.74, 6) is -1.79. The zero-order chi connectivity index (χ0) is 35.0. The molecule has 0 bridgehead atoms. The molecule has 0 rings (SSSR count). The molecule has 0 N–H and O–H groups in total. The van der Waals surface area contributed by atoms with E-state index in [1.807, 2.05) is 12.2 Å². The molecule has 0 aromatic heterocycles. The molecule has 0 amide bonds. The second-order valence-corrected chi connectivity index (χ2v) is 13.1. The zero-order valence-corrected chi connectivity index (χ0v) is 30.4. The predicted octanol–water partition coefficient (Wildman–Crippen LogP) is 7.57. The van der Waals surface area contributed by atoms with Gasteiger partial charge in [0.15, 0.2) is 6.10 Å². The molecule has 0 fully saturated rings. The first-order chi connectivity index (χ1) is 22.6. The van der Waals surface area contributed by atoms with E-state index in [0.29, 0.717) is 12.8 Å². The number of carboxylic acid groups (broad SMARTS) is 1. The van der Waals surface area contributed by atoms with Crippen molar-refractivity contribution in [2.24, 2.45) is 0 Å². The number of aliphatic carboxylic acids is 1. The van der Waals surface area contributed by atoms with Gasteiger partial charge in [-0.2, -0.15) is 0 Å². The lowest BCUT2D eigenvalue weighted by atomic mass is 10.1. The topological polar surface area (TPSA) is 102 Å². The molecule has 0 aliphatic carbocycles. The Morgan fingerprint density at radius 1 is 0.660 bits per heavy atom. The van der Waals surface area contributed by atoms with Gasteiger partial charge in [0.05, 0.1) is 40.3 Å². The van der Waals surface area contributed by atoms with Crippen LogP contribution >= 0.6 is 0 Å². The highest BCUT2D eigenvalue weighted by atomic mass is 16.6. The lowest BCUT2D eigenvalue weighted by Crippen LogP contribution is -2.55. The Bertz CT molecular complexity index is 917. The van der Waals surface area contributed by atoms with E-state index in [4.69, 9.17) is 14.2 Å². The van der Waals surface area contributed by atoms with Crippen molar-refractivity contribution < 1.29 is 38.2 Å². The van der Waals surface area contributed by atoms with E-state index in [1.54, 1.807) is 21.1 Å². The van der Waals surface area contributed by atoms with Crippen molar-refractivity contribution in [3.8, 4) is 0 Å². The number of ether oxygens (including phenoxy) is 3. The average molecular weight is 662 g/mol. The van der Waals surface area contributed by atoms with Crippen LogP contribution in [0.1, 0.15) is 129 Å². The van der Waals surface area contributed by atoms with Gasteiger partial charge in [0, 0.05) is 19.3 Å². The Morgan fingerprint density at radius 3 is 1.81 bits per heavy atom. The van der Waals surface area contributed by atoms with Crippen molar-refractivity contribution in [1.82, 2.24) is 0 Å². The Hall–Kier alpha value is -2.71. The standard InChI is InChI=1S/C39H67NO7/c1-6-8-10-12-14-16-18-19-20-22-24-26-28-30-38(42)47-35(33-45-32-31-36(39(43)44)40(3,4)5)34-46-37(41)29-27-25-23-21-17-15-13-11-9-7-2/h8,10,12-16,18,35-36H,6-7,9,11,17,19-34H2,1-5H3/b10-8+,14-12+,15-13+,18-16+. The molecule has 0 radical (unpaired) electrons. The van der Waals surface area contributed by atoms with Gasteiger partial charge in [-0.1, -0.05) is 107 Å². The number of likely N-dealkylation sites (N-methyl/N-ethyl adjacent to an activating group) is 1. The molecular weight excluding hydrogens is 594 g/mol. The maximum Gasteiger partial charge on any atom is 0.306 e. The van der Waals surface area contributed by atoms with Crippen LogP contribution in [0.5, 0.6) is 0 Å². The van der Waals surface area contributed by atoms with Gasteiger partial charge >= 0.3 is 11.9 Å². The van der Waals surface area contributed by atoms with E-state index in [2.05, 4.69) is 50.3 Å². The number of esters is 2. The van der Waals surface area contributed by atoms with E-state index < -0.39 is 18.1 Å². The number of nitrogens with zero attached hydrogens (tertiary/aromatic N) is 1. The summed E-state index contributed by atoms with van der Waals surface area (Å²) in [5.41, 5.74) is 0. The van der Waals surface area contributed by atoms with E-state index in [-0.39, 0.29) is 42.7 Å². The van der Waals surface area contributed by atoms with Gasteiger partial charge in [0.2, 0.25) is 0 Å². The van der Waals surface area contributed by atoms with Crippen molar-refractivity contribution in [3.05, 3.63) is 48.6 Å². The number of hydrogen-bond acceptors (Lipinski definition) is 7. The Kier molecular flexibility index (Phi) is 28.8. The van der Waals surface area contributed by atoms with Crippen molar-refractivity contribution in [1.29, 1.82) is 0 Å². The third kappa shape index (κ3) is 29.2. The fraction of sp³-hybridized carbons (Fsp3) is 0.718. The smallest absolute Gasteiger partial charge is 0.306 e. The highest BCUT2D eigenvalue weighted by molar-refractivity contribution is 5.70. The fourth-order valence-electron chi connectivity index (χ4n) is 4.87. The molecule has 8 heteroatoms. The van der Waals surface area contributed by atoms with E-state index >= 15 is 0 Å². The van der Waals surface area contributed by atoms with E-state index in [1.165, 1.54) is 12.8 Å². The van der Waals surface area contributed by atoms with Crippen LogP contribution < -0.4 is 5.11 Å². The minimum absolute atomic E-state index is 0.0271. The predicted molar refractivity (Wildman–Crippen MR) is 189 cm³/mol. The number of carboxylic acids is 1. The second kappa shape index (κ2) is 30.6. The van der Waals surface area contributed by atoms with E-state index in [0.717, 1.165) is 83.5 Å². The molecule has 0 aliphatic rings. The van der Waals surface area contributed by atoms with Crippen molar-refractivity contribution >= 4 is 17.9 Å². The summed E-state index contributed by atoms with van der Waals surface area (Å²) in [6.45, 7) is 4.42. The molecule has 2 atom stereocenters. The van der Waals surface area contributed by atoms with Gasteiger partial charge in [-0.05, 0) is 51.4 Å². The van der Waals surface area contributed by atoms with Crippen LogP contribution in [-0.4, -0.2) is 75.5 Å². The molecular formula is C39H67NO7. The first-order valence-electron chi connectivity index (χ1n) is 18.2. The number of carbonyl (C=O) groups is 3. The highest BCUT2D eigenvalue weighted by Gasteiger charge is 2.25. The molecule has 270 valence electrons. The molecule has 0 aromatic carbocycles. The first-order valence-corrected chi connectivity index (χ1v) is 18.2. The average Bonchev–Trinajstić information content (AvgIpc) is 3.01. The lowest BCUT2D eigenvalue weighted by Gasteiger charge is -2.34. The number of unbranched alkanes of at least 4 members (excludes halogenated alkanes) is 11. The van der Waals surface area contributed by atoms with Crippen LogP contribution in [0, 0.1) is 0 Å². The highest BCUT2D eigenvalue weighted by Crippen LogP contribution is 2.12. The molecule has 0 saturated carbocycles. The first kappa shape index (κ1) is 44.3. The second-order valence-electron chi connectivity index (χ2n) is 13.1. The fourth-order valence-corrected chi connectivity index (χ4v) is 4.87. The maximum atomic E-state index is 12.6. The van der Waals surface area contributed by atoms with Crippen molar-refractivity contribution in [3.63, 3.8) is 0 Å². The third-order valence-corrected chi connectivity index (χ3v) is 7.76. The number of hydrogen-bond donors (Lipinski definition) is 0. The lowest BCUT2D eigenvalue weighted by molar-refractivity contribution is -0.889. The molecule has 0 aliphatic heterocycles. The van der Waals surface area contributed by atoms with Crippen LogP contribution in [-0.2, 0) is 28.6 Å². The number of quaternary nitrogens is 1. The minimum atomic E-state index is -1.13. The number of carbonyl (C=O) groups excluding carboxylic acids is 3. The van der Waals surface area contributed by atoms with Gasteiger partial charge in [-0.3, -0.25) is 9.59 Å². The summed E-state index contributed by atoms with van der Waals surface area (Å²) in [5, 5.41) is 11.6. The van der Waals surface area contributed by atoms with Gasteiger partial charge < -0.3 is 28.6 Å². The van der Waals surface area contributed by atoms with Crippen LogP contribution in [0.15, 0.2) is 48.6 Å². The monoisotopic (exact) mass is 661 g/mol. The minimum Gasteiger partial charge on any atom is -0.544 e. The molecule has 2 unspecified atom stereocenters. The largest absolute Gasteiger partial charge is 0.544 e. The third-order valence-electron chi connectivity index (χ3n) is 7.76. The van der Waals surface area contributed by atoms with Crippen LogP contribution in [0.4, 0.5) is 0 Å². The van der Waals surface area contributed by atoms with Crippen LogP contribution in [0.3, 0.4) is 0 Å². The molecule has 0 heterocycles. The van der Waals surface area contributed by atoms with Gasteiger partial charge in [-0.25, -0.2) is 0 Å². The summed E-state index contributed by atoms with van der Waals surface area (Å²) in [4.78, 5) is 36.5. The SMILES string of the molecule is CC/C=C/C=C/C=C/CCCCCCCC(=O)OC(COCCC(C(=O)[O-])[N+](C)(C)C)COC(=O)CCCCCC/C=C/CCCC. The van der Waals surface area contributed by atoms with Crippen molar-refractivity contribution in [2.45, 2.75) is 142 Å². The quantitative estimate of drug-likeness (QED) is 0.0248. The Morgan fingerprint density at radius 2 is 1.21 bits per heavy atom. The molecule has 0 aromatic rings. The van der Waals surface area contributed by atoms with Crippen molar-refractivity contribution in [2.75, 3.05) is 41.0 Å². The van der Waals surface area contributed by atoms with Gasteiger partial charge in [-0.15, -0.1) is 0 Å².